The average molecular weight is 441 g/mol. The SMILES string of the molecule is O=C([O-])CCCCCCCC(CCOc1ccccc1)(CCOc1ccccc1)C(=O)[O-]. The number of aliphatic carboxylic acids is 2. The zero-order valence-electron chi connectivity index (χ0n) is 18.5. The number of para-hydroxylation sites is 2. The highest BCUT2D eigenvalue weighted by Gasteiger charge is 2.31. The molecule has 0 aliphatic rings. The number of carboxylic acids is 2. The van der Waals surface area contributed by atoms with Crippen molar-refractivity contribution in [3.63, 3.8) is 0 Å². The number of benzene rings is 2. The van der Waals surface area contributed by atoms with Crippen molar-refractivity contribution < 1.29 is 29.3 Å². The highest BCUT2D eigenvalue weighted by atomic mass is 16.5. The van der Waals surface area contributed by atoms with Gasteiger partial charge in [0.25, 0.3) is 0 Å². The van der Waals surface area contributed by atoms with E-state index in [4.69, 9.17) is 9.47 Å². The van der Waals surface area contributed by atoms with Gasteiger partial charge in [-0.25, -0.2) is 0 Å². The number of rotatable bonds is 17. The molecule has 0 amide bonds. The minimum atomic E-state index is -1.08. The molecule has 0 fully saturated rings. The summed E-state index contributed by atoms with van der Waals surface area (Å²) in [6.07, 6.45) is 4.97. The van der Waals surface area contributed by atoms with Crippen LogP contribution in [0.25, 0.3) is 0 Å². The molecule has 0 N–H and O–H groups in total. The van der Waals surface area contributed by atoms with Crippen molar-refractivity contribution in [2.24, 2.45) is 5.41 Å². The number of hydrogen-bond acceptors (Lipinski definition) is 6. The maximum atomic E-state index is 12.3. The number of carbonyl (C=O) groups excluding carboxylic acids is 2. The molecule has 2 rings (SSSR count). The Morgan fingerprint density at radius 2 is 1.12 bits per heavy atom. The van der Waals surface area contributed by atoms with Crippen molar-refractivity contribution in [2.45, 2.75) is 57.8 Å². The molecule has 0 unspecified atom stereocenters. The van der Waals surface area contributed by atoms with Gasteiger partial charge in [0.1, 0.15) is 11.5 Å². The van der Waals surface area contributed by atoms with Crippen molar-refractivity contribution in [1.29, 1.82) is 0 Å². The van der Waals surface area contributed by atoms with E-state index in [0.717, 1.165) is 25.7 Å². The zero-order valence-corrected chi connectivity index (χ0v) is 18.5. The molecule has 6 nitrogen and oxygen atoms in total. The van der Waals surface area contributed by atoms with Crippen LogP contribution >= 0.6 is 0 Å². The van der Waals surface area contributed by atoms with Crippen molar-refractivity contribution in [1.82, 2.24) is 0 Å². The fourth-order valence-corrected chi connectivity index (χ4v) is 3.71. The van der Waals surface area contributed by atoms with Gasteiger partial charge in [0.05, 0.1) is 13.2 Å². The van der Waals surface area contributed by atoms with Gasteiger partial charge in [-0.2, -0.15) is 0 Å². The average Bonchev–Trinajstić information content (AvgIpc) is 2.79. The lowest BCUT2D eigenvalue weighted by atomic mass is 9.77. The van der Waals surface area contributed by atoms with Gasteiger partial charge < -0.3 is 29.3 Å². The summed E-state index contributed by atoms with van der Waals surface area (Å²) in [5, 5.41) is 22.7. The molecule has 0 bridgehead atoms. The van der Waals surface area contributed by atoms with Gasteiger partial charge in [-0.15, -0.1) is 0 Å². The summed E-state index contributed by atoms with van der Waals surface area (Å²) in [5.74, 6) is -0.706. The molecule has 0 aliphatic carbocycles. The predicted molar refractivity (Wildman–Crippen MR) is 118 cm³/mol. The lowest BCUT2D eigenvalue weighted by Gasteiger charge is -2.35. The Kier molecular flexibility index (Phi) is 11.1. The summed E-state index contributed by atoms with van der Waals surface area (Å²) in [6, 6.07) is 18.6. The Labute approximate surface area is 190 Å². The van der Waals surface area contributed by atoms with Gasteiger partial charge in [-0.3, -0.25) is 0 Å². The summed E-state index contributed by atoms with van der Waals surface area (Å²) in [6.45, 7) is 0.546. The molecule has 0 atom stereocenters. The topological polar surface area (TPSA) is 98.7 Å². The summed E-state index contributed by atoms with van der Waals surface area (Å²) in [4.78, 5) is 22.7. The third kappa shape index (κ3) is 9.41. The Hall–Kier alpha value is -3.02. The maximum Gasteiger partial charge on any atom is 0.119 e. The smallest absolute Gasteiger partial charge is 0.119 e. The number of carbonyl (C=O) groups is 2. The Balaban J connectivity index is 1.90. The first-order valence-electron chi connectivity index (χ1n) is 11.3. The van der Waals surface area contributed by atoms with E-state index in [0.29, 0.717) is 37.2 Å². The van der Waals surface area contributed by atoms with Crippen LogP contribution in [0.2, 0.25) is 0 Å². The summed E-state index contributed by atoms with van der Waals surface area (Å²) >= 11 is 0. The first kappa shape index (κ1) is 25.2. The number of carboxylic acid groups (broad SMARTS) is 2. The van der Waals surface area contributed by atoms with Crippen LogP contribution in [0, 0.1) is 5.41 Å². The molecule has 0 saturated carbocycles. The highest BCUT2D eigenvalue weighted by molar-refractivity contribution is 5.72. The van der Waals surface area contributed by atoms with E-state index in [1.165, 1.54) is 0 Å². The van der Waals surface area contributed by atoms with Gasteiger partial charge in [-0.1, -0.05) is 62.1 Å². The zero-order chi connectivity index (χ0) is 23.1. The third-order valence-electron chi connectivity index (χ3n) is 5.65. The van der Waals surface area contributed by atoms with Crippen LogP contribution in [-0.4, -0.2) is 25.2 Å². The van der Waals surface area contributed by atoms with E-state index in [2.05, 4.69) is 0 Å². The largest absolute Gasteiger partial charge is 0.550 e. The van der Waals surface area contributed by atoms with Crippen molar-refractivity contribution in [3.8, 4) is 11.5 Å². The second-order valence-electron chi connectivity index (χ2n) is 8.03. The molecule has 0 spiro atoms. The molecule has 0 radical (unpaired) electrons. The fraction of sp³-hybridized carbons (Fsp3) is 0.462. The molecule has 0 heterocycles. The Morgan fingerprint density at radius 3 is 1.59 bits per heavy atom. The van der Waals surface area contributed by atoms with Crippen molar-refractivity contribution >= 4 is 11.9 Å². The van der Waals surface area contributed by atoms with Gasteiger partial charge in [-0.05, 0) is 56.4 Å². The van der Waals surface area contributed by atoms with Gasteiger partial charge in [0.15, 0.2) is 0 Å². The molecule has 0 saturated heterocycles. The number of ether oxygens (including phenoxy) is 2. The lowest BCUT2D eigenvalue weighted by molar-refractivity contribution is -0.321. The first-order valence-corrected chi connectivity index (χ1v) is 11.3. The van der Waals surface area contributed by atoms with Gasteiger partial charge >= 0.3 is 0 Å². The molecule has 174 valence electrons. The summed E-state index contributed by atoms with van der Waals surface area (Å²) < 4.78 is 11.5. The quantitative estimate of drug-likeness (QED) is 0.351. The molecule has 2 aromatic rings. The standard InChI is InChI=1S/C26H34O6/c27-24(28)16-10-2-1-3-11-17-26(25(29)30,18-20-31-22-12-6-4-7-13-22)19-21-32-23-14-8-5-9-15-23/h4-9,12-15H,1-3,10-11,16-21H2,(H,27,28)(H,29,30)/p-2. The second-order valence-corrected chi connectivity index (χ2v) is 8.03. The van der Waals surface area contributed by atoms with E-state index >= 15 is 0 Å². The Bertz CT molecular complexity index is 745. The van der Waals surface area contributed by atoms with E-state index in [-0.39, 0.29) is 19.6 Å². The van der Waals surface area contributed by atoms with Crippen LogP contribution in [0.15, 0.2) is 60.7 Å². The van der Waals surface area contributed by atoms with Crippen LogP contribution in [0.5, 0.6) is 11.5 Å². The van der Waals surface area contributed by atoms with Crippen LogP contribution < -0.4 is 19.7 Å². The molecule has 0 aromatic heterocycles. The van der Waals surface area contributed by atoms with Crippen molar-refractivity contribution in [2.75, 3.05) is 13.2 Å². The first-order chi connectivity index (χ1) is 15.5. The minimum Gasteiger partial charge on any atom is -0.550 e. The number of hydrogen-bond donors (Lipinski definition) is 0. The number of unbranched alkanes of at least 4 members (excludes halogenated alkanes) is 4. The molecule has 0 aliphatic heterocycles. The van der Waals surface area contributed by atoms with E-state index in [1.807, 2.05) is 60.7 Å². The molecular formula is C26H32O6-2. The van der Waals surface area contributed by atoms with Crippen LogP contribution in [0.3, 0.4) is 0 Å². The van der Waals surface area contributed by atoms with Gasteiger partial charge in [0.2, 0.25) is 0 Å². The van der Waals surface area contributed by atoms with Crippen LogP contribution in [0.1, 0.15) is 57.8 Å². The lowest BCUT2D eigenvalue weighted by Crippen LogP contribution is -2.44. The van der Waals surface area contributed by atoms with Crippen LogP contribution in [-0.2, 0) is 9.59 Å². The molecular weight excluding hydrogens is 408 g/mol. The second kappa shape index (κ2) is 14.1. The molecule has 6 heteroatoms. The summed E-state index contributed by atoms with van der Waals surface area (Å²) in [5.41, 5.74) is -1.05. The monoisotopic (exact) mass is 440 g/mol. The van der Waals surface area contributed by atoms with Crippen LogP contribution in [0.4, 0.5) is 0 Å². The maximum absolute atomic E-state index is 12.3. The third-order valence-corrected chi connectivity index (χ3v) is 5.65. The minimum absolute atomic E-state index is 0.0661. The van der Waals surface area contributed by atoms with E-state index < -0.39 is 17.4 Å². The van der Waals surface area contributed by atoms with Gasteiger partial charge in [0, 0.05) is 17.4 Å². The predicted octanol–water partition coefficient (Wildman–Crippen LogP) is 3.14. The molecule has 2 aromatic carbocycles. The summed E-state index contributed by atoms with van der Waals surface area (Å²) in [7, 11) is 0. The van der Waals surface area contributed by atoms with E-state index in [9.17, 15) is 19.8 Å². The van der Waals surface area contributed by atoms with Crippen molar-refractivity contribution in [3.05, 3.63) is 60.7 Å². The van der Waals surface area contributed by atoms with E-state index in [1.54, 1.807) is 0 Å². The Morgan fingerprint density at radius 1 is 0.656 bits per heavy atom. The normalized spacial score (nSPS) is 11.1. The fourth-order valence-electron chi connectivity index (χ4n) is 3.71. The molecule has 32 heavy (non-hydrogen) atoms. The highest BCUT2D eigenvalue weighted by Crippen LogP contribution is 2.34.